The zero-order valence-electron chi connectivity index (χ0n) is 9.36. The van der Waals surface area contributed by atoms with Crippen LogP contribution in [-0.2, 0) is 0 Å². The number of pyridine rings is 1. The number of nitrogens with zero attached hydrogens (tertiary/aromatic N) is 2. The zero-order chi connectivity index (χ0) is 10.8. The lowest BCUT2D eigenvalue weighted by molar-refractivity contribution is 0.299. The fourth-order valence-corrected chi connectivity index (χ4v) is 1.25. The summed E-state index contributed by atoms with van der Waals surface area (Å²) in [6.07, 6.45) is 2.70. The number of hydrogen-bond donors (Lipinski definition) is 0. The standard InChI is InChI=1S/C11H16N2O2/c1-13(2)10-6-9(15-8-4-5-8)7-11(12-10)14-3/h6-8H,4-5H2,1-3H3. The molecule has 1 aromatic rings. The predicted octanol–water partition coefficient (Wildman–Crippen LogP) is 1.70. The highest BCUT2D eigenvalue weighted by Gasteiger charge is 2.24. The Hall–Kier alpha value is -1.45. The summed E-state index contributed by atoms with van der Waals surface area (Å²) in [5, 5.41) is 0. The van der Waals surface area contributed by atoms with Crippen molar-refractivity contribution in [3.05, 3.63) is 12.1 Å². The Labute approximate surface area is 89.8 Å². The van der Waals surface area contributed by atoms with Crippen molar-refractivity contribution in [3.63, 3.8) is 0 Å². The molecule has 15 heavy (non-hydrogen) atoms. The van der Waals surface area contributed by atoms with Gasteiger partial charge in [0, 0.05) is 26.2 Å². The van der Waals surface area contributed by atoms with Gasteiger partial charge in [-0.05, 0) is 12.8 Å². The van der Waals surface area contributed by atoms with E-state index in [4.69, 9.17) is 9.47 Å². The van der Waals surface area contributed by atoms with Gasteiger partial charge in [-0.1, -0.05) is 0 Å². The first-order valence-electron chi connectivity index (χ1n) is 5.09. The van der Waals surface area contributed by atoms with Crippen LogP contribution < -0.4 is 14.4 Å². The molecule has 0 radical (unpaired) electrons. The maximum absolute atomic E-state index is 5.71. The van der Waals surface area contributed by atoms with Crippen LogP contribution in [0.4, 0.5) is 5.82 Å². The van der Waals surface area contributed by atoms with Crippen LogP contribution in [0.5, 0.6) is 11.6 Å². The summed E-state index contributed by atoms with van der Waals surface area (Å²) in [6, 6.07) is 3.76. The van der Waals surface area contributed by atoms with Gasteiger partial charge in [-0.3, -0.25) is 0 Å². The predicted molar refractivity (Wildman–Crippen MR) is 58.8 cm³/mol. The molecular weight excluding hydrogens is 192 g/mol. The van der Waals surface area contributed by atoms with Crippen LogP contribution in [0.15, 0.2) is 12.1 Å². The minimum Gasteiger partial charge on any atom is -0.490 e. The number of rotatable bonds is 4. The molecule has 1 saturated carbocycles. The average Bonchev–Trinajstić information content (AvgIpc) is 3.01. The summed E-state index contributed by atoms with van der Waals surface area (Å²) in [4.78, 5) is 6.24. The summed E-state index contributed by atoms with van der Waals surface area (Å²) >= 11 is 0. The third-order valence-corrected chi connectivity index (χ3v) is 2.26. The van der Waals surface area contributed by atoms with Gasteiger partial charge in [0.25, 0.3) is 0 Å². The Bertz CT molecular complexity index is 348. The van der Waals surface area contributed by atoms with Crippen LogP contribution in [-0.4, -0.2) is 32.3 Å². The fraction of sp³-hybridized carbons (Fsp3) is 0.545. The molecule has 1 heterocycles. The summed E-state index contributed by atoms with van der Waals surface area (Å²) in [5.41, 5.74) is 0. The summed E-state index contributed by atoms with van der Waals surface area (Å²) in [6.45, 7) is 0. The van der Waals surface area contributed by atoms with E-state index in [0.29, 0.717) is 12.0 Å². The Morgan fingerprint density at radius 3 is 2.60 bits per heavy atom. The molecule has 1 fully saturated rings. The van der Waals surface area contributed by atoms with Gasteiger partial charge in [-0.15, -0.1) is 0 Å². The lowest BCUT2D eigenvalue weighted by Gasteiger charge is -2.14. The van der Waals surface area contributed by atoms with E-state index in [1.807, 2.05) is 31.1 Å². The van der Waals surface area contributed by atoms with Crippen molar-refractivity contribution in [1.82, 2.24) is 4.98 Å². The van der Waals surface area contributed by atoms with E-state index in [1.54, 1.807) is 7.11 Å². The Morgan fingerprint density at radius 1 is 1.33 bits per heavy atom. The van der Waals surface area contributed by atoms with Gasteiger partial charge in [0.15, 0.2) is 0 Å². The minimum absolute atomic E-state index is 0.395. The number of aromatic nitrogens is 1. The molecule has 0 amide bonds. The average molecular weight is 208 g/mol. The fourth-order valence-electron chi connectivity index (χ4n) is 1.25. The van der Waals surface area contributed by atoms with Gasteiger partial charge >= 0.3 is 0 Å². The zero-order valence-corrected chi connectivity index (χ0v) is 9.36. The normalized spacial score (nSPS) is 14.9. The second-order valence-corrected chi connectivity index (χ2v) is 3.92. The third kappa shape index (κ3) is 2.52. The monoisotopic (exact) mass is 208 g/mol. The van der Waals surface area contributed by atoms with Crippen molar-refractivity contribution < 1.29 is 9.47 Å². The van der Waals surface area contributed by atoms with E-state index in [9.17, 15) is 0 Å². The molecule has 1 aliphatic carbocycles. The van der Waals surface area contributed by atoms with Crippen molar-refractivity contribution in [2.75, 3.05) is 26.1 Å². The first-order valence-corrected chi connectivity index (χ1v) is 5.09. The largest absolute Gasteiger partial charge is 0.490 e. The summed E-state index contributed by atoms with van der Waals surface area (Å²) < 4.78 is 10.8. The molecule has 0 spiro atoms. The molecule has 82 valence electrons. The number of anilines is 1. The Morgan fingerprint density at radius 2 is 2.07 bits per heavy atom. The number of ether oxygens (including phenoxy) is 2. The number of hydrogen-bond acceptors (Lipinski definition) is 4. The molecule has 4 heteroatoms. The molecule has 0 N–H and O–H groups in total. The molecule has 1 aliphatic rings. The molecule has 0 bridgehead atoms. The highest BCUT2D eigenvalue weighted by Crippen LogP contribution is 2.30. The lowest BCUT2D eigenvalue weighted by atomic mass is 10.4. The van der Waals surface area contributed by atoms with E-state index >= 15 is 0 Å². The van der Waals surface area contributed by atoms with Crippen LogP contribution >= 0.6 is 0 Å². The van der Waals surface area contributed by atoms with E-state index < -0.39 is 0 Å². The van der Waals surface area contributed by atoms with Gasteiger partial charge < -0.3 is 14.4 Å². The Kier molecular flexibility index (Phi) is 2.66. The van der Waals surface area contributed by atoms with E-state index in [0.717, 1.165) is 24.4 Å². The van der Waals surface area contributed by atoms with Crippen LogP contribution in [0.3, 0.4) is 0 Å². The molecule has 2 rings (SSSR count). The molecule has 4 nitrogen and oxygen atoms in total. The highest BCUT2D eigenvalue weighted by molar-refractivity contribution is 5.46. The van der Waals surface area contributed by atoms with E-state index in [1.165, 1.54) is 0 Å². The quantitative estimate of drug-likeness (QED) is 0.754. The number of methoxy groups -OCH3 is 1. The topological polar surface area (TPSA) is 34.6 Å². The van der Waals surface area contributed by atoms with Crippen LogP contribution in [0.2, 0.25) is 0 Å². The van der Waals surface area contributed by atoms with Gasteiger partial charge in [0.2, 0.25) is 5.88 Å². The van der Waals surface area contributed by atoms with E-state index in [-0.39, 0.29) is 0 Å². The van der Waals surface area contributed by atoms with E-state index in [2.05, 4.69) is 4.98 Å². The molecule has 1 aromatic heterocycles. The molecule has 0 aromatic carbocycles. The highest BCUT2D eigenvalue weighted by atomic mass is 16.5. The third-order valence-electron chi connectivity index (χ3n) is 2.26. The van der Waals surface area contributed by atoms with Crippen molar-refractivity contribution in [2.45, 2.75) is 18.9 Å². The van der Waals surface area contributed by atoms with Crippen LogP contribution in [0.25, 0.3) is 0 Å². The molecule has 0 saturated heterocycles. The second-order valence-electron chi connectivity index (χ2n) is 3.92. The second kappa shape index (κ2) is 3.96. The van der Waals surface area contributed by atoms with Gasteiger partial charge in [0.1, 0.15) is 11.6 Å². The smallest absolute Gasteiger partial charge is 0.218 e. The maximum Gasteiger partial charge on any atom is 0.218 e. The minimum atomic E-state index is 0.395. The van der Waals surface area contributed by atoms with Gasteiger partial charge in [-0.25, -0.2) is 0 Å². The van der Waals surface area contributed by atoms with Crippen LogP contribution in [0, 0.1) is 0 Å². The van der Waals surface area contributed by atoms with Crippen LogP contribution in [0.1, 0.15) is 12.8 Å². The molecule has 0 unspecified atom stereocenters. The lowest BCUT2D eigenvalue weighted by Crippen LogP contribution is -2.11. The Balaban J connectivity index is 2.23. The molecule has 0 aliphatic heterocycles. The molecular formula is C11H16N2O2. The molecule has 0 atom stereocenters. The van der Waals surface area contributed by atoms with Gasteiger partial charge in [-0.2, -0.15) is 4.98 Å². The van der Waals surface area contributed by atoms with Crippen molar-refractivity contribution >= 4 is 5.82 Å². The first-order chi connectivity index (χ1) is 7.19. The SMILES string of the molecule is COc1cc(OC2CC2)cc(N(C)C)n1. The van der Waals surface area contributed by atoms with Crippen molar-refractivity contribution in [1.29, 1.82) is 0 Å². The summed E-state index contributed by atoms with van der Waals surface area (Å²) in [5.74, 6) is 2.29. The van der Waals surface area contributed by atoms with Crippen molar-refractivity contribution in [3.8, 4) is 11.6 Å². The summed E-state index contributed by atoms with van der Waals surface area (Å²) in [7, 11) is 5.51. The first kappa shape index (κ1) is 10.1. The van der Waals surface area contributed by atoms with Gasteiger partial charge in [0.05, 0.1) is 13.2 Å². The maximum atomic E-state index is 5.71. The van der Waals surface area contributed by atoms with Crippen molar-refractivity contribution in [2.24, 2.45) is 0 Å².